The van der Waals surface area contributed by atoms with E-state index in [1.165, 1.54) is 10.5 Å². The fourth-order valence-electron chi connectivity index (χ4n) is 2.72. The first-order valence-corrected chi connectivity index (χ1v) is 6.48. The molecule has 0 aromatic heterocycles. The summed E-state index contributed by atoms with van der Waals surface area (Å²) in [5, 5.41) is 0. The van der Waals surface area contributed by atoms with Gasteiger partial charge in [0, 0.05) is 11.7 Å². The van der Waals surface area contributed by atoms with E-state index in [1.54, 1.807) is 0 Å². The first kappa shape index (κ1) is 12.0. The molecule has 0 N–H and O–H groups in total. The number of cyclic esters (lactones) is 1. The van der Waals surface area contributed by atoms with Crippen molar-refractivity contribution in [1.82, 2.24) is 4.90 Å². The molecule has 1 aromatic carbocycles. The molecule has 3 rings (SSSR count). The lowest BCUT2D eigenvalue weighted by Gasteiger charge is -2.25. The van der Waals surface area contributed by atoms with Crippen molar-refractivity contribution in [2.45, 2.75) is 19.4 Å². The van der Waals surface area contributed by atoms with Gasteiger partial charge in [-0.25, -0.2) is 9.69 Å². The number of carbonyl (C=O) groups excluding carboxylic acids is 2. The standard InChI is InChI=1S/C14H16N2O3/c1-10-8-11-4-2-3-5-12(11)16(10)9-13(17)15-6-7-19-14(15)18/h2-5,10H,6-9H2,1H3. The van der Waals surface area contributed by atoms with Gasteiger partial charge in [-0.15, -0.1) is 0 Å². The minimum absolute atomic E-state index is 0.189. The van der Waals surface area contributed by atoms with Crippen molar-refractivity contribution in [3.8, 4) is 0 Å². The summed E-state index contributed by atoms with van der Waals surface area (Å²) in [4.78, 5) is 26.8. The van der Waals surface area contributed by atoms with Crippen molar-refractivity contribution >= 4 is 17.7 Å². The van der Waals surface area contributed by atoms with Crippen LogP contribution in [0.2, 0.25) is 0 Å². The van der Waals surface area contributed by atoms with Crippen LogP contribution in [0.15, 0.2) is 24.3 Å². The molecule has 0 spiro atoms. The maximum atomic E-state index is 12.2. The summed E-state index contributed by atoms with van der Waals surface area (Å²) in [6.45, 7) is 2.99. The summed E-state index contributed by atoms with van der Waals surface area (Å²) in [6, 6.07) is 8.36. The number of amides is 2. The zero-order valence-corrected chi connectivity index (χ0v) is 10.8. The third kappa shape index (κ3) is 2.05. The van der Waals surface area contributed by atoms with Crippen LogP contribution in [0.3, 0.4) is 0 Å². The number of hydrogen-bond acceptors (Lipinski definition) is 4. The Labute approximate surface area is 111 Å². The summed E-state index contributed by atoms with van der Waals surface area (Å²) in [5.74, 6) is -0.189. The Kier molecular flexibility index (Phi) is 2.89. The van der Waals surface area contributed by atoms with Crippen LogP contribution in [0.4, 0.5) is 10.5 Å². The molecule has 5 nitrogen and oxygen atoms in total. The largest absolute Gasteiger partial charge is 0.447 e. The number of ether oxygens (including phenoxy) is 1. The van der Waals surface area contributed by atoms with E-state index in [2.05, 4.69) is 17.9 Å². The predicted octanol–water partition coefficient (Wildman–Crippen LogP) is 1.42. The van der Waals surface area contributed by atoms with Gasteiger partial charge in [0.25, 0.3) is 5.91 Å². The molecule has 0 radical (unpaired) electrons. The average Bonchev–Trinajstić information content (AvgIpc) is 2.94. The molecule has 1 fully saturated rings. The Morgan fingerprint density at radius 2 is 2.21 bits per heavy atom. The van der Waals surface area contributed by atoms with E-state index >= 15 is 0 Å². The highest BCUT2D eigenvalue weighted by molar-refractivity contribution is 5.95. The third-order valence-corrected chi connectivity index (χ3v) is 3.72. The second-order valence-corrected chi connectivity index (χ2v) is 4.97. The number of hydrogen-bond donors (Lipinski definition) is 0. The number of benzene rings is 1. The van der Waals surface area contributed by atoms with Crippen molar-refractivity contribution in [2.75, 3.05) is 24.6 Å². The van der Waals surface area contributed by atoms with Gasteiger partial charge in [0.15, 0.2) is 0 Å². The Bertz CT molecular complexity index is 529. The van der Waals surface area contributed by atoms with Gasteiger partial charge in [-0.3, -0.25) is 4.79 Å². The van der Waals surface area contributed by atoms with E-state index in [9.17, 15) is 9.59 Å². The van der Waals surface area contributed by atoms with Gasteiger partial charge in [-0.1, -0.05) is 18.2 Å². The molecule has 1 unspecified atom stereocenters. The normalized spacial score (nSPS) is 21.5. The molecule has 2 heterocycles. The molecule has 100 valence electrons. The Morgan fingerprint density at radius 3 is 2.95 bits per heavy atom. The molecule has 0 bridgehead atoms. The third-order valence-electron chi connectivity index (χ3n) is 3.72. The van der Waals surface area contributed by atoms with Gasteiger partial charge in [0.05, 0.1) is 13.1 Å². The van der Waals surface area contributed by atoms with Gasteiger partial charge in [-0.05, 0) is 25.0 Å². The quantitative estimate of drug-likeness (QED) is 0.807. The van der Waals surface area contributed by atoms with Gasteiger partial charge in [0.2, 0.25) is 0 Å². The Balaban J connectivity index is 1.76. The average molecular weight is 260 g/mol. The smallest absolute Gasteiger partial charge is 0.416 e. The molecule has 19 heavy (non-hydrogen) atoms. The van der Waals surface area contributed by atoms with E-state index in [4.69, 9.17) is 4.74 Å². The first-order chi connectivity index (χ1) is 9.16. The molecular weight excluding hydrogens is 244 g/mol. The summed E-state index contributed by atoms with van der Waals surface area (Å²) in [6.07, 6.45) is 0.415. The number of nitrogens with zero attached hydrogens (tertiary/aromatic N) is 2. The molecule has 0 saturated carbocycles. The summed E-state index contributed by atoms with van der Waals surface area (Å²) in [5.41, 5.74) is 2.35. The van der Waals surface area contributed by atoms with Crippen LogP contribution in [-0.4, -0.2) is 42.6 Å². The van der Waals surface area contributed by atoms with E-state index in [0.717, 1.165) is 12.1 Å². The van der Waals surface area contributed by atoms with Crippen LogP contribution in [0.5, 0.6) is 0 Å². The maximum absolute atomic E-state index is 12.2. The topological polar surface area (TPSA) is 49.9 Å². The highest BCUT2D eigenvalue weighted by Crippen LogP contribution is 2.31. The SMILES string of the molecule is CC1Cc2ccccc2N1CC(=O)N1CCOC1=O. The van der Waals surface area contributed by atoms with Gasteiger partial charge in [-0.2, -0.15) is 0 Å². The van der Waals surface area contributed by atoms with Crippen molar-refractivity contribution in [2.24, 2.45) is 0 Å². The molecule has 1 atom stereocenters. The molecular formula is C14H16N2O3. The van der Waals surface area contributed by atoms with Crippen LogP contribution in [0, 0.1) is 0 Å². The van der Waals surface area contributed by atoms with Crippen molar-refractivity contribution in [1.29, 1.82) is 0 Å². The van der Waals surface area contributed by atoms with Crippen molar-refractivity contribution < 1.29 is 14.3 Å². The summed E-state index contributed by atoms with van der Waals surface area (Å²) in [7, 11) is 0. The molecule has 0 aliphatic carbocycles. The Hall–Kier alpha value is -2.04. The molecule has 1 saturated heterocycles. The zero-order valence-electron chi connectivity index (χ0n) is 10.8. The first-order valence-electron chi connectivity index (χ1n) is 6.48. The van der Waals surface area contributed by atoms with E-state index in [-0.39, 0.29) is 18.5 Å². The van der Waals surface area contributed by atoms with Crippen molar-refractivity contribution in [3.05, 3.63) is 29.8 Å². The molecule has 1 aromatic rings. The van der Waals surface area contributed by atoms with Crippen molar-refractivity contribution in [3.63, 3.8) is 0 Å². The lowest BCUT2D eigenvalue weighted by Crippen LogP contribution is -2.42. The van der Waals surface area contributed by atoms with Gasteiger partial charge < -0.3 is 9.64 Å². The minimum atomic E-state index is -0.523. The predicted molar refractivity (Wildman–Crippen MR) is 70.0 cm³/mol. The van der Waals surface area contributed by atoms with Crippen LogP contribution in [0.1, 0.15) is 12.5 Å². The highest BCUT2D eigenvalue weighted by Gasteiger charge is 2.33. The van der Waals surface area contributed by atoms with Crippen LogP contribution in [-0.2, 0) is 16.0 Å². The van der Waals surface area contributed by atoms with Crippen LogP contribution < -0.4 is 4.90 Å². The lowest BCUT2D eigenvalue weighted by molar-refractivity contribution is -0.126. The number of para-hydroxylation sites is 1. The minimum Gasteiger partial charge on any atom is -0.447 e. The monoisotopic (exact) mass is 260 g/mol. The van der Waals surface area contributed by atoms with E-state index in [1.807, 2.05) is 18.2 Å². The second-order valence-electron chi connectivity index (χ2n) is 4.97. The summed E-state index contributed by atoms with van der Waals surface area (Å²) < 4.78 is 4.80. The molecule has 2 aliphatic rings. The lowest BCUT2D eigenvalue weighted by atomic mass is 10.1. The number of carbonyl (C=O) groups is 2. The van der Waals surface area contributed by atoms with Gasteiger partial charge >= 0.3 is 6.09 Å². The molecule has 5 heteroatoms. The second kappa shape index (κ2) is 4.57. The Morgan fingerprint density at radius 1 is 1.42 bits per heavy atom. The zero-order chi connectivity index (χ0) is 13.4. The number of fused-ring (bicyclic) bond motifs is 1. The fraction of sp³-hybridized carbons (Fsp3) is 0.429. The number of imide groups is 1. The fourth-order valence-corrected chi connectivity index (χ4v) is 2.72. The molecule has 2 aliphatic heterocycles. The highest BCUT2D eigenvalue weighted by atomic mass is 16.6. The van der Waals surface area contributed by atoms with Crippen LogP contribution >= 0.6 is 0 Å². The van der Waals surface area contributed by atoms with Gasteiger partial charge in [0.1, 0.15) is 6.61 Å². The van der Waals surface area contributed by atoms with E-state index in [0.29, 0.717) is 13.2 Å². The van der Waals surface area contributed by atoms with E-state index < -0.39 is 6.09 Å². The van der Waals surface area contributed by atoms with Crippen LogP contribution in [0.25, 0.3) is 0 Å². The maximum Gasteiger partial charge on any atom is 0.416 e. The number of rotatable bonds is 2. The number of anilines is 1. The summed E-state index contributed by atoms with van der Waals surface area (Å²) >= 11 is 0. The molecule has 2 amide bonds.